The number of aryl methyl sites for hydroxylation is 1. The second kappa shape index (κ2) is 7.80. The summed E-state index contributed by atoms with van der Waals surface area (Å²) in [5.41, 5.74) is 4.17. The summed E-state index contributed by atoms with van der Waals surface area (Å²) in [6.07, 6.45) is 2.08. The van der Waals surface area contributed by atoms with Crippen LogP contribution in [0.1, 0.15) is 29.8 Å². The Morgan fingerprint density at radius 3 is 2.54 bits per heavy atom. The van der Waals surface area contributed by atoms with E-state index < -0.39 is 0 Å². The van der Waals surface area contributed by atoms with Crippen LogP contribution in [0.25, 0.3) is 0 Å². The summed E-state index contributed by atoms with van der Waals surface area (Å²) in [5, 5.41) is 3.05. The number of carbonyl (C=O) groups excluding carboxylic acids is 1. The zero-order chi connectivity index (χ0) is 19.5. The van der Waals surface area contributed by atoms with Crippen molar-refractivity contribution in [3.05, 3.63) is 83.7 Å². The number of amides is 2. The first-order valence-corrected chi connectivity index (χ1v) is 9.68. The Balaban J connectivity index is 1.63. The van der Waals surface area contributed by atoms with E-state index in [1.165, 1.54) is 5.56 Å². The molecule has 0 saturated carbocycles. The Morgan fingerprint density at radius 2 is 1.82 bits per heavy atom. The van der Waals surface area contributed by atoms with Crippen LogP contribution in [-0.2, 0) is 6.54 Å². The maximum absolute atomic E-state index is 13.1. The molecule has 5 heteroatoms. The van der Waals surface area contributed by atoms with Crippen LogP contribution in [0.4, 0.5) is 10.5 Å². The molecule has 144 valence electrons. The summed E-state index contributed by atoms with van der Waals surface area (Å²) in [6.45, 7) is 6.08. The number of anilines is 1. The van der Waals surface area contributed by atoms with Gasteiger partial charge in [-0.15, -0.1) is 0 Å². The summed E-state index contributed by atoms with van der Waals surface area (Å²) in [6, 6.07) is 19.8. The van der Waals surface area contributed by atoms with Crippen LogP contribution in [0, 0.1) is 6.92 Å². The molecule has 28 heavy (non-hydrogen) atoms. The third kappa shape index (κ3) is 3.60. The fraction of sp³-hybridized carbons (Fsp3) is 0.261. The summed E-state index contributed by atoms with van der Waals surface area (Å²) >= 11 is 0. The quantitative estimate of drug-likeness (QED) is 0.710. The number of fused-ring (bicyclic) bond motifs is 1. The number of ether oxygens (including phenoxy) is 1. The van der Waals surface area contributed by atoms with Gasteiger partial charge in [-0.2, -0.15) is 0 Å². The number of hydrogen-bond acceptors (Lipinski definition) is 2. The molecule has 2 heterocycles. The van der Waals surface area contributed by atoms with Crippen molar-refractivity contribution < 1.29 is 9.53 Å². The lowest BCUT2D eigenvalue weighted by Crippen LogP contribution is -2.44. The van der Waals surface area contributed by atoms with E-state index in [0.717, 1.165) is 29.2 Å². The van der Waals surface area contributed by atoms with E-state index in [2.05, 4.69) is 22.1 Å². The first kappa shape index (κ1) is 18.2. The molecule has 1 atom stereocenters. The molecule has 4 rings (SSSR count). The number of nitrogens with one attached hydrogen (secondary N) is 1. The molecule has 1 aliphatic rings. The minimum Gasteiger partial charge on any atom is -0.494 e. The van der Waals surface area contributed by atoms with Crippen molar-refractivity contribution in [1.82, 2.24) is 9.47 Å². The van der Waals surface area contributed by atoms with Crippen LogP contribution in [0.3, 0.4) is 0 Å². The number of nitrogens with zero attached hydrogens (tertiary/aromatic N) is 2. The Hall–Kier alpha value is -3.21. The predicted molar refractivity (Wildman–Crippen MR) is 111 cm³/mol. The molecule has 0 radical (unpaired) electrons. The Labute approximate surface area is 165 Å². The van der Waals surface area contributed by atoms with Crippen molar-refractivity contribution in [3.63, 3.8) is 0 Å². The van der Waals surface area contributed by atoms with Crippen molar-refractivity contribution in [2.45, 2.75) is 26.4 Å². The Morgan fingerprint density at radius 1 is 1.07 bits per heavy atom. The molecule has 5 nitrogen and oxygen atoms in total. The molecule has 0 fully saturated rings. The largest absolute Gasteiger partial charge is 0.494 e. The summed E-state index contributed by atoms with van der Waals surface area (Å²) in [7, 11) is 0. The highest BCUT2D eigenvalue weighted by atomic mass is 16.5. The molecule has 1 N–H and O–H groups in total. The van der Waals surface area contributed by atoms with Gasteiger partial charge in [0.2, 0.25) is 0 Å². The first-order valence-electron chi connectivity index (χ1n) is 9.68. The molecular formula is C23H25N3O2. The maximum atomic E-state index is 13.1. The number of hydrogen-bond donors (Lipinski definition) is 1. The molecule has 1 aromatic heterocycles. The minimum absolute atomic E-state index is 0.0878. The number of urea groups is 1. The molecule has 0 unspecified atom stereocenters. The first-order chi connectivity index (χ1) is 13.7. The van der Waals surface area contributed by atoms with E-state index in [1.807, 2.05) is 73.3 Å². The zero-order valence-corrected chi connectivity index (χ0v) is 16.3. The molecule has 1 aliphatic heterocycles. The molecule has 2 aromatic carbocycles. The number of carbonyl (C=O) groups is 1. The SMILES string of the molecule is CCOc1ccc([C@H]2c3cccn3CCN2C(=O)Nc2ccc(C)cc2)cc1. The average Bonchev–Trinajstić information content (AvgIpc) is 3.19. The lowest BCUT2D eigenvalue weighted by atomic mass is 10.00. The maximum Gasteiger partial charge on any atom is 0.322 e. The van der Waals surface area contributed by atoms with E-state index in [-0.39, 0.29) is 12.1 Å². The van der Waals surface area contributed by atoms with E-state index in [0.29, 0.717) is 13.2 Å². The van der Waals surface area contributed by atoms with Gasteiger partial charge in [0.05, 0.1) is 12.6 Å². The van der Waals surface area contributed by atoms with Crippen LogP contribution in [-0.4, -0.2) is 28.6 Å². The van der Waals surface area contributed by atoms with Gasteiger partial charge >= 0.3 is 6.03 Å². The summed E-state index contributed by atoms with van der Waals surface area (Å²) < 4.78 is 7.79. The lowest BCUT2D eigenvalue weighted by Gasteiger charge is -2.37. The van der Waals surface area contributed by atoms with Crippen molar-refractivity contribution in [1.29, 1.82) is 0 Å². The van der Waals surface area contributed by atoms with Crippen molar-refractivity contribution in [2.24, 2.45) is 0 Å². The van der Waals surface area contributed by atoms with Gasteiger partial charge in [-0.05, 0) is 55.8 Å². The highest BCUT2D eigenvalue weighted by molar-refractivity contribution is 5.90. The highest BCUT2D eigenvalue weighted by Crippen LogP contribution is 2.33. The molecule has 3 aromatic rings. The standard InChI is InChI=1S/C23H25N3O2/c1-3-28-20-12-8-18(9-13-20)22-21-5-4-14-25(21)15-16-26(22)23(27)24-19-10-6-17(2)7-11-19/h4-14,22H,3,15-16H2,1-2H3,(H,24,27)/t22-/m0/s1. The zero-order valence-electron chi connectivity index (χ0n) is 16.3. The van der Waals surface area contributed by atoms with Gasteiger partial charge in [-0.1, -0.05) is 29.8 Å². The van der Waals surface area contributed by atoms with E-state index in [1.54, 1.807) is 0 Å². The van der Waals surface area contributed by atoms with Gasteiger partial charge in [0.15, 0.2) is 0 Å². The Kier molecular flexibility index (Phi) is 5.06. The normalized spacial score (nSPS) is 15.8. The van der Waals surface area contributed by atoms with Crippen LogP contribution >= 0.6 is 0 Å². The van der Waals surface area contributed by atoms with Gasteiger partial charge in [0, 0.05) is 30.7 Å². The Bertz CT molecular complexity index is 945. The van der Waals surface area contributed by atoms with Crippen LogP contribution in [0.5, 0.6) is 5.75 Å². The molecule has 0 bridgehead atoms. The predicted octanol–water partition coefficient (Wildman–Crippen LogP) is 4.83. The number of rotatable bonds is 4. The average molecular weight is 375 g/mol. The minimum atomic E-state index is -0.134. The fourth-order valence-corrected chi connectivity index (χ4v) is 3.70. The smallest absolute Gasteiger partial charge is 0.322 e. The number of aromatic nitrogens is 1. The third-order valence-electron chi connectivity index (χ3n) is 5.11. The van der Waals surface area contributed by atoms with Crippen LogP contribution in [0.15, 0.2) is 66.9 Å². The third-order valence-corrected chi connectivity index (χ3v) is 5.11. The molecular weight excluding hydrogens is 350 g/mol. The fourth-order valence-electron chi connectivity index (χ4n) is 3.70. The van der Waals surface area contributed by atoms with E-state index in [9.17, 15) is 4.79 Å². The van der Waals surface area contributed by atoms with Crippen molar-refractivity contribution in [2.75, 3.05) is 18.5 Å². The van der Waals surface area contributed by atoms with Crippen LogP contribution < -0.4 is 10.1 Å². The molecule has 2 amide bonds. The summed E-state index contributed by atoms with van der Waals surface area (Å²) in [4.78, 5) is 15.0. The monoisotopic (exact) mass is 375 g/mol. The van der Waals surface area contributed by atoms with Gasteiger partial charge in [-0.25, -0.2) is 4.79 Å². The van der Waals surface area contributed by atoms with Crippen molar-refractivity contribution in [3.8, 4) is 5.75 Å². The van der Waals surface area contributed by atoms with Gasteiger partial charge < -0.3 is 19.5 Å². The van der Waals surface area contributed by atoms with E-state index in [4.69, 9.17) is 4.74 Å². The number of benzene rings is 2. The van der Waals surface area contributed by atoms with Crippen LogP contribution in [0.2, 0.25) is 0 Å². The van der Waals surface area contributed by atoms with Crippen molar-refractivity contribution >= 4 is 11.7 Å². The second-order valence-electron chi connectivity index (χ2n) is 7.02. The molecule has 0 saturated heterocycles. The van der Waals surface area contributed by atoms with Gasteiger partial charge in [0.25, 0.3) is 0 Å². The second-order valence-corrected chi connectivity index (χ2v) is 7.02. The van der Waals surface area contributed by atoms with Gasteiger partial charge in [0.1, 0.15) is 5.75 Å². The highest BCUT2D eigenvalue weighted by Gasteiger charge is 2.32. The topological polar surface area (TPSA) is 46.5 Å². The molecule has 0 aliphatic carbocycles. The summed E-state index contributed by atoms with van der Waals surface area (Å²) in [5.74, 6) is 0.841. The van der Waals surface area contributed by atoms with E-state index >= 15 is 0 Å². The lowest BCUT2D eigenvalue weighted by molar-refractivity contribution is 0.182. The van der Waals surface area contributed by atoms with Gasteiger partial charge in [-0.3, -0.25) is 0 Å². The molecule has 0 spiro atoms.